The van der Waals surface area contributed by atoms with Gasteiger partial charge in [0.2, 0.25) is 5.91 Å². The lowest BCUT2D eigenvalue weighted by Gasteiger charge is -2.22. The summed E-state index contributed by atoms with van der Waals surface area (Å²) >= 11 is 0. The lowest BCUT2D eigenvalue weighted by atomic mass is 10.2. The Kier molecular flexibility index (Phi) is 7.37. The van der Waals surface area contributed by atoms with Gasteiger partial charge >= 0.3 is 0 Å². The number of hydrogen-bond acceptors (Lipinski definition) is 5. The largest absolute Gasteiger partial charge is 0.372 e. The van der Waals surface area contributed by atoms with Crippen LogP contribution in [0.1, 0.15) is 42.5 Å². The lowest BCUT2D eigenvalue weighted by molar-refractivity contribution is -0.384. The summed E-state index contributed by atoms with van der Waals surface area (Å²) in [5.74, 6) is -0.568. The molecule has 1 fully saturated rings. The highest BCUT2D eigenvalue weighted by atomic mass is 16.6. The lowest BCUT2D eigenvalue weighted by Crippen LogP contribution is -2.27. The molecule has 0 atom stereocenters. The van der Waals surface area contributed by atoms with Gasteiger partial charge in [-0.15, -0.1) is 0 Å². The zero-order chi connectivity index (χ0) is 21.3. The van der Waals surface area contributed by atoms with Gasteiger partial charge in [-0.25, -0.2) is 0 Å². The van der Waals surface area contributed by atoms with Crippen molar-refractivity contribution < 1.29 is 14.5 Å². The van der Waals surface area contributed by atoms with Gasteiger partial charge in [0.05, 0.1) is 4.92 Å². The fourth-order valence-electron chi connectivity index (χ4n) is 3.43. The van der Waals surface area contributed by atoms with Crippen molar-refractivity contribution in [3.8, 4) is 0 Å². The van der Waals surface area contributed by atoms with Crippen molar-refractivity contribution in [3.05, 3.63) is 64.2 Å². The van der Waals surface area contributed by atoms with E-state index in [-0.39, 0.29) is 30.5 Å². The van der Waals surface area contributed by atoms with Gasteiger partial charge in [-0.2, -0.15) is 0 Å². The molecule has 0 spiro atoms. The minimum Gasteiger partial charge on any atom is -0.372 e. The quantitative estimate of drug-likeness (QED) is 0.534. The first-order chi connectivity index (χ1) is 14.5. The van der Waals surface area contributed by atoms with Crippen LogP contribution in [0.2, 0.25) is 0 Å². The average molecular weight is 410 g/mol. The molecule has 1 saturated heterocycles. The Morgan fingerprint density at radius 1 is 0.933 bits per heavy atom. The first kappa shape index (κ1) is 21.3. The van der Waals surface area contributed by atoms with Crippen LogP contribution >= 0.6 is 0 Å². The topological polar surface area (TPSA) is 105 Å². The van der Waals surface area contributed by atoms with Gasteiger partial charge in [-0.05, 0) is 49.2 Å². The van der Waals surface area contributed by atoms with Gasteiger partial charge in [0, 0.05) is 55.1 Å². The molecule has 8 nitrogen and oxygen atoms in total. The zero-order valence-corrected chi connectivity index (χ0v) is 16.8. The molecule has 8 heteroatoms. The number of non-ortho nitro benzene ring substituents is 1. The van der Waals surface area contributed by atoms with Crippen LogP contribution in [0.5, 0.6) is 0 Å². The predicted octanol–water partition coefficient (Wildman–Crippen LogP) is 3.73. The molecule has 0 radical (unpaired) electrons. The van der Waals surface area contributed by atoms with Crippen LogP contribution in [0, 0.1) is 10.1 Å². The predicted molar refractivity (Wildman–Crippen MR) is 116 cm³/mol. The van der Waals surface area contributed by atoms with Crippen LogP contribution in [0.3, 0.4) is 0 Å². The second kappa shape index (κ2) is 10.4. The molecule has 1 aliphatic rings. The summed E-state index contributed by atoms with van der Waals surface area (Å²) in [6, 6.07) is 13.2. The van der Waals surface area contributed by atoms with E-state index in [0.29, 0.717) is 5.56 Å². The number of benzene rings is 2. The molecular weight excluding hydrogens is 384 g/mol. The molecule has 2 aromatic carbocycles. The number of nitro benzene ring substituents is 1. The molecule has 1 aliphatic heterocycles. The molecule has 2 N–H and O–H groups in total. The van der Waals surface area contributed by atoms with E-state index < -0.39 is 4.92 Å². The van der Waals surface area contributed by atoms with Crippen molar-refractivity contribution in [2.45, 2.75) is 32.1 Å². The number of hydrogen-bond donors (Lipinski definition) is 2. The second-order valence-electron chi connectivity index (χ2n) is 7.31. The molecule has 2 aromatic rings. The minimum absolute atomic E-state index is 0.0761. The molecule has 0 unspecified atom stereocenters. The van der Waals surface area contributed by atoms with E-state index >= 15 is 0 Å². The van der Waals surface area contributed by atoms with E-state index in [9.17, 15) is 19.7 Å². The van der Waals surface area contributed by atoms with E-state index in [1.54, 1.807) is 0 Å². The van der Waals surface area contributed by atoms with E-state index in [4.69, 9.17) is 0 Å². The fraction of sp³-hybridized carbons (Fsp3) is 0.364. The summed E-state index contributed by atoms with van der Waals surface area (Å²) in [5.41, 5.74) is 2.13. The van der Waals surface area contributed by atoms with Crippen molar-refractivity contribution in [3.63, 3.8) is 0 Å². The average Bonchev–Trinajstić information content (AvgIpc) is 3.04. The van der Waals surface area contributed by atoms with Crippen LogP contribution in [0.4, 0.5) is 17.1 Å². The highest BCUT2D eigenvalue weighted by Crippen LogP contribution is 2.21. The number of anilines is 2. The molecule has 2 amide bonds. The minimum atomic E-state index is -0.521. The van der Waals surface area contributed by atoms with Gasteiger partial charge in [0.25, 0.3) is 11.6 Å². The third-order valence-corrected chi connectivity index (χ3v) is 5.10. The summed E-state index contributed by atoms with van der Waals surface area (Å²) in [5, 5.41) is 16.1. The molecule has 0 bridgehead atoms. The summed E-state index contributed by atoms with van der Waals surface area (Å²) in [4.78, 5) is 36.7. The molecule has 1 heterocycles. The van der Waals surface area contributed by atoms with Gasteiger partial charge < -0.3 is 15.5 Å². The molecular formula is C22H26N4O4. The van der Waals surface area contributed by atoms with Crippen molar-refractivity contribution in [2.75, 3.05) is 29.9 Å². The van der Waals surface area contributed by atoms with Crippen LogP contribution < -0.4 is 15.5 Å². The third-order valence-electron chi connectivity index (χ3n) is 5.10. The fourth-order valence-corrected chi connectivity index (χ4v) is 3.43. The smallest absolute Gasteiger partial charge is 0.269 e. The van der Waals surface area contributed by atoms with Crippen LogP contribution in [0.15, 0.2) is 48.5 Å². The van der Waals surface area contributed by atoms with E-state index in [2.05, 4.69) is 15.5 Å². The van der Waals surface area contributed by atoms with Crippen LogP contribution in [-0.2, 0) is 4.79 Å². The first-order valence-corrected chi connectivity index (χ1v) is 10.2. The van der Waals surface area contributed by atoms with E-state index in [1.807, 2.05) is 24.3 Å². The summed E-state index contributed by atoms with van der Waals surface area (Å²) in [6.07, 6.45) is 5.12. The first-order valence-electron chi connectivity index (χ1n) is 10.2. The summed E-state index contributed by atoms with van der Waals surface area (Å²) < 4.78 is 0. The summed E-state index contributed by atoms with van der Waals surface area (Å²) in [7, 11) is 0. The SMILES string of the molecule is O=C(CCNC(=O)c1ccc([N+](=O)[O-])cc1)Nc1ccc(N2CCCCCC2)cc1. The molecule has 0 saturated carbocycles. The molecule has 158 valence electrons. The molecule has 30 heavy (non-hydrogen) atoms. The van der Waals surface area contributed by atoms with E-state index in [1.165, 1.54) is 55.6 Å². The Labute approximate surface area is 175 Å². The number of amides is 2. The van der Waals surface area contributed by atoms with Gasteiger partial charge in [0.1, 0.15) is 0 Å². The Hall–Kier alpha value is -3.42. The Balaban J connectivity index is 1.43. The Bertz CT molecular complexity index is 873. The Morgan fingerprint density at radius 3 is 2.17 bits per heavy atom. The second-order valence-corrected chi connectivity index (χ2v) is 7.31. The highest BCUT2D eigenvalue weighted by Gasteiger charge is 2.11. The molecule has 3 rings (SSSR count). The number of rotatable bonds is 7. The van der Waals surface area contributed by atoms with Crippen molar-refractivity contribution in [1.82, 2.24) is 5.32 Å². The number of nitrogens with one attached hydrogen (secondary N) is 2. The Morgan fingerprint density at radius 2 is 1.57 bits per heavy atom. The maximum atomic E-state index is 12.1. The maximum absolute atomic E-state index is 12.1. The number of nitrogens with zero attached hydrogens (tertiary/aromatic N) is 2. The monoisotopic (exact) mass is 410 g/mol. The van der Waals surface area contributed by atoms with Crippen LogP contribution in [0.25, 0.3) is 0 Å². The van der Waals surface area contributed by atoms with E-state index in [0.717, 1.165) is 18.8 Å². The normalized spacial score (nSPS) is 13.9. The van der Waals surface area contributed by atoms with Crippen molar-refractivity contribution >= 4 is 28.9 Å². The summed E-state index contributed by atoms with van der Waals surface area (Å²) in [6.45, 7) is 2.31. The van der Waals surface area contributed by atoms with Gasteiger partial charge in [-0.1, -0.05) is 12.8 Å². The zero-order valence-electron chi connectivity index (χ0n) is 16.8. The highest BCUT2D eigenvalue weighted by molar-refractivity contribution is 5.95. The standard InChI is InChI=1S/C22H26N4O4/c27-21(13-14-23-22(28)17-5-9-20(10-6-17)26(29)30)24-18-7-11-19(12-8-18)25-15-3-1-2-4-16-25/h5-12H,1-4,13-16H2,(H,23,28)(H,24,27). The number of carbonyl (C=O) groups excluding carboxylic acids is 2. The third kappa shape index (κ3) is 6.04. The molecule has 0 aliphatic carbocycles. The maximum Gasteiger partial charge on any atom is 0.269 e. The van der Waals surface area contributed by atoms with Crippen molar-refractivity contribution in [1.29, 1.82) is 0 Å². The number of nitro groups is 1. The molecule has 0 aromatic heterocycles. The number of carbonyl (C=O) groups is 2. The van der Waals surface area contributed by atoms with Crippen LogP contribution in [-0.4, -0.2) is 36.4 Å². The van der Waals surface area contributed by atoms with Crippen molar-refractivity contribution in [2.24, 2.45) is 0 Å². The van der Waals surface area contributed by atoms with Gasteiger partial charge in [0.15, 0.2) is 0 Å². The van der Waals surface area contributed by atoms with Gasteiger partial charge in [-0.3, -0.25) is 19.7 Å².